The Kier molecular flexibility index (Phi) is 7.85. The molecule has 262 valence electrons. The highest BCUT2D eigenvalue weighted by Crippen LogP contribution is 2.44. The lowest BCUT2D eigenvalue weighted by molar-refractivity contribution is 0.0672. The van der Waals surface area contributed by atoms with Gasteiger partial charge in [-0.1, -0.05) is 24.6 Å². The van der Waals surface area contributed by atoms with Crippen LogP contribution in [-0.4, -0.2) is 89.3 Å². The predicted octanol–water partition coefficient (Wildman–Crippen LogP) is 4.38. The van der Waals surface area contributed by atoms with E-state index < -0.39 is 0 Å². The molecule has 2 N–H and O–H groups in total. The van der Waals surface area contributed by atoms with Crippen molar-refractivity contribution >= 4 is 22.6 Å². The number of aromatic nitrogens is 7. The molecule has 1 amide bonds. The third-order valence-electron chi connectivity index (χ3n) is 11.3. The minimum absolute atomic E-state index is 0.0706. The van der Waals surface area contributed by atoms with Crippen molar-refractivity contribution in [2.45, 2.75) is 89.4 Å². The Balaban J connectivity index is 1.16. The van der Waals surface area contributed by atoms with Gasteiger partial charge in [-0.05, 0) is 75.7 Å². The molecule has 51 heavy (non-hydrogen) atoms. The topological polar surface area (TPSA) is 170 Å². The molecule has 14 heteroatoms. The predicted molar refractivity (Wildman–Crippen MR) is 187 cm³/mol. The van der Waals surface area contributed by atoms with Gasteiger partial charge in [0.1, 0.15) is 11.8 Å². The van der Waals surface area contributed by atoms with E-state index in [1.54, 1.807) is 10.9 Å². The summed E-state index contributed by atoms with van der Waals surface area (Å²) in [5, 5.41) is 25.2. The van der Waals surface area contributed by atoms with E-state index in [4.69, 9.17) is 35.2 Å². The number of ether oxygens (including phenoxy) is 1. The molecule has 14 nitrogen and oxygen atoms in total. The molecule has 3 aliphatic heterocycles. The van der Waals surface area contributed by atoms with Crippen molar-refractivity contribution in [3.63, 3.8) is 0 Å². The Labute approximate surface area is 295 Å². The maximum absolute atomic E-state index is 13.5. The van der Waals surface area contributed by atoms with Gasteiger partial charge in [-0.25, -0.2) is 19.3 Å². The zero-order valence-corrected chi connectivity index (χ0v) is 29.0. The highest BCUT2D eigenvalue weighted by atomic mass is 16.5. The number of hydrogen-bond acceptors (Lipinski definition) is 11. The van der Waals surface area contributed by atoms with E-state index in [2.05, 4.69) is 30.1 Å². The lowest BCUT2D eigenvalue weighted by Gasteiger charge is -2.25. The molecule has 0 bridgehead atoms. The van der Waals surface area contributed by atoms with Gasteiger partial charge in [-0.3, -0.25) is 4.79 Å². The molecular weight excluding hydrogens is 646 g/mol. The Hall–Kier alpha value is -5.13. The van der Waals surface area contributed by atoms with Gasteiger partial charge in [0.15, 0.2) is 28.7 Å². The number of carbonyl (C=O) groups excluding carboxylic acids is 1. The maximum Gasteiger partial charge on any atom is 0.275 e. The number of rotatable bonds is 8. The van der Waals surface area contributed by atoms with Gasteiger partial charge in [0, 0.05) is 41.6 Å². The first-order chi connectivity index (χ1) is 24.9. The van der Waals surface area contributed by atoms with E-state index >= 15 is 0 Å². The standard InChI is InChI=1S/C37H41N11O3/c1-3-6-21-10-11-29(39)27(15-38)30(21)25-8-4-9-26-32(44-51-33(25)26)34-41-35-28(16-40-47(35)19-23-7-5-13-45(23)2)36(42-34)48-18-22-17-46(24-12-14-50-20-24)37(49)31(22)43-48/h10-11,16,18,23-25H,3-9,12-14,17,19-20,39H2,1-2H3. The highest BCUT2D eigenvalue weighted by Gasteiger charge is 2.38. The number of carbonyl (C=O) groups is 1. The molecule has 3 atom stereocenters. The first kappa shape index (κ1) is 31.8. The van der Waals surface area contributed by atoms with Crippen LogP contribution in [0.1, 0.15) is 95.4 Å². The summed E-state index contributed by atoms with van der Waals surface area (Å²) in [7, 11) is 2.15. The molecule has 5 aromatic rings. The summed E-state index contributed by atoms with van der Waals surface area (Å²) in [6.07, 6.45) is 11.0. The van der Waals surface area contributed by atoms with Crippen LogP contribution in [0.25, 0.3) is 28.4 Å². The number of aryl methyl sites for hydroxylation is 1. The van der Waals surface area contributed by atoms with E-state index in [1.165, 1.54) is 0 Å². The fraction of sp³-hybridized carbons (Fsp3) is 0.486. The van der Waals surface area contributed by atoms with Crippen LogP contribution in [0.5, 0.6) is 0 Å². The Bertz CT molecular complexity index is 2200. The number of fused-ring (bicyclic) bond motifs is 3. The number of amides is 1. The van der Waals surface area contributed by atoms with Crippen LogP contribution < -0.4 is 5.73 Å². The van der Waals surface area contributed by atoms with E-state index in [9.17, 15) is 10.1 Å². The Morgan fingerprint density at radius 2 is 2.04 bits per heavy atom. The molecular formula is C37H41N11O3. The van der Waals surface area contributed by atoms with Crippen LogP contribution in [0, 0.1) is 11.3 Å². The lowest BCUT2D eigenvalue weighted by atomic mass is 9.78. The molecule has 4 aromatic heterocycles. The molecule has 3 unspecified atom stereocenters. The van der Waals surface area contributed by atoms with Crippen LogP contribution in [0.4, 0.5) is 5.69 Å². The quantitative estimate of drug-likeness (QED) is 0.230. The number of likely N-dealkylation sites (tertiary alicyclic amines) is 1. The number of nitrogen functional groups attached to an aromatic ring is 1. The van der Waals surface area contributed by atoms with Gasteiger partial charge in [-0.15, -0.1) is 0 Å². The number of benzene rings is 1. The normalized spacial score (nSPS) is 21.9. The van der Waals surface area contributed by atoms with Gasteiger partial charge >= 0.3 is 0 Å². The van der Waals surface area contributed by atoms with Crippen molar-refractivity contribution in [3.8, 4) is 23.4 Å². The molecule has 7 heterocycles. The molecule has 4 aliphatic rings. The average Bonchev–Trinajstić information content (AvgIpc) is 3.99. The SMILES string of the molecule is CCCc1ccc(N)c(C#N)c1C1CCCc2c(-c3nc(-n4cc5c(n4)C(=O)N(C4CCOC4)C5)c4cnn(CC5CCCN5C)c4n3)noc21. The molecule has 0 saturated carbocycles. The Morgan fingerprint density at radius 1 is 1.14 bits per heavy atom. The molecule has 0 radical (unpaired) electrons. The number of anilines is 1. The van der Waals surface area contributed by atoms with E-state index in [-0.39, 0.29) is 17.9 Å². The first-order valence-electron chi connectivity index (χ1n) is 18.1. The zero-order valence-electron chi connectivity index (χ0n) is 29.0. The van der Waals surface area contributed by atoms with E-state index in [0.717, 1.165) is 91.3 Å². The molecule has 9 rings (SSSR count). The monoisotopic (exact) mass is 687 g/mol. The number of hydrogen-bond donors (Lipinski definition) is 1. The second kappa shape index (κ2) is 12.6. The largest absolute Gasteiger partial charge is 0.398 e. The second-order valence-corrected chi connectivity index (χ2v) is 14.4. The van der Waals surface area contributed by atoms with Crippen molar-refractivity contribution < 1.29 is 14.1 Å². The number of nitrogens with zero attached hydrogens (tertiary/aromatic N) is 10. The molecule has 2 fully saturated rings. The third-order valence-corrected chi connectivity index (χ3v) is 11.3. The smallest absolute Gasteiger partial charge is 0.275 e. The summed E-state index contributed by atoms with van der Waals surface area (Å²) in [6, 6.07) is 6.67. The van der Waals surface area contributed by atoms with Crippen molar-refractivity contribution in [1.82, 2.24) is 44.5 Å². The maximum atomic E-state index is 13.5. The lowest BCUT2D eigenvalue weighted by Crippen LogP contribution is -2.36. The van der Waals surface area contributed by atoms with Gasteiger partial charge in [0.05, 0.1) is 42.9 Å². The Morgan fingerprint density at radius 3 is 2.80 bits per heavy atom. The summed E-state index contributed by atoms with van der Waals surface area (Å²) in [5.41, 5.74) is 12.9. The van der Waals surface area contributed by atoms with E-state index in [1.807, 2.05) is 27.9 Å². The number of nitrogens with two attached hydrogens (primary N) is 1. The third kappa shape index (κ3) is 5.20. The summed E-state index contributed by atoms with van der Waals surface area (Å²) in [5.74, 6) is 1.45. The van der Waals surface area contributed by atoms with E-state index in [0.29, 0.717) is 72.3 Å². The fourth-order valence-corrected chi connectivity index (χ4v) is 8.62. The van der Waals surface area contributed by atoms with Crippen LogP contribution in [0.3, 0.4) is 0 Å². The summed E-state index contributed by atoms with van der Waals surface area (Å²) < 4.78 is 15.4. The summed E-state index contributed by atoms with van der Waals surface area (Å²) >= 11 is 0. The summed E-state index contributed by atoms with van der Waals surface area (Å²) in [6.45, 7) is 5.59. The molecule has 1 aliphatic carbocycles. The molecule has 2 saturated heterocycles. The van der Waals surface area contributed by atoms with Crippen LogP contribution in [0.2, 0.25) is 0 Å². The average molecular weight is 688 g/mol. The van der Waals surface area contributed by atoms with Crippen molar-refractivity contribution in [3.05, 3.63) is 63.8 Å². The van der Waals surface area contributed by atoms with Crippen molar-refractivity contribution in [1.29, 1.82) is 5.26 Å². The van der Waals surface area contributed by atoms with Gasteiger partial charge in [0.2, 0.25) is 0 Å². The minimum Gasteiger partial charge on any atom is -0.398 e. The number of nitriles is 1. The molecule has 1 aromatic carbocycles. The highest BCUT2D eigenvalue weighted by molar-refractivity contribution is 5.97. The van der Waals surface area contributed by atoms with Crippen molar-refractivity contribution in [2.24, 2.45) is 0 Å². The molecule has 0 spiro atoms. The summed E-state index contributed by atoms with van der Waals surface area (Å²) in [4.78, 5) is 28.0. The number of likely N-dealkylation sites (N-methyl/N-ethyl adjacent to an activating group) is 1. The van der Waals surface area contributed by atoms with Crippen LogP contribution in [0.15, 0.2) is 29.0 Å². The van der Waals surface area contributed by atoms with Gasteiger partial charge in [-0.2, -0.15) is 15.5 Å². The first-order valence-corrected chi connectivity index (χ1v) is 18.1. The zero-order chi connectivity index (χ0) is 34.8. The van der Waals surface area contributed by atoms with Crippen molar-refractivity contribution in [2.75, 3.05) is 32.5 Å². The fourth-order valence-electron chi connectivity index (χ4n) is 8.62. The second-order valence-electron chi connectivity index (χ2n) is 14.4. The van der Waals surface area contributed by atoms with Crippen LogP contribution in [-0.2, 0) is 30.7 Å². The minimum atomic E-state index is -0.158. The van der Waals surface area contributed by atoms with Gasteiger partial charge in [0.25, 0.3) is 5.91 Å². The van der Waals surface area contributed by atoms with Gasteiger partial charge < -0.3 is 24.8 Å². The van der Waals surface area contributed by atoms with Crippen LogP contribution >= 0.6 is 0 Å².